The first-order chi connectivity index (χ1) is 7.45. The molecule has 16 heavy (non-hydrogen) atoms. The second kappa shape index (κ2) is 8.60. The number of hydrogen-bond donors (Lipinski definition) is 1. The van der Waals surface area contributed by atoms with Crippen LogP contribution in [-0.2, 0) is 4.79 Å². The Morgan fingerprint density at radius 2 is 1.56 bits per heavy atom. The SMILES string of the molecule is CC(C)C(C)C(C)CCCCCCC(=O)O. The number of carboxylic acids is 1. The highest BCUT2D eigenvalue weighted by atomic mass is 16.4. The van der Waals surface area contributed by atoms with Gasteiger partial charge in [-0.25, -0.2) is 0 Å². The van der Waals surface area contributed by atoms with Crippen LogP contribution in [0, 0.1) is 17.8 Å². The van der Waals surface area contributed by atoms with Gasteiger partial charge >= 0.3 is 5.97 Å². The van der Waals surface area contributed by atoms with Crippen molar-refractivity contribution in [2.75, 3.05) is 0 Å². The summed E-state index contributed by atoms with van der Waals surface area (Å²) in [7, 11) is 0. The minimum absolute atomic E-state index is 0.331. The molecule has 2 unspecified atom stereocenters. The van der Waals surface area contributed by atoms with Gasteiger partial charge in [0.2, 0.25) is 0 Å². The molecule has 0 bridgehead atoms. The molecule has 0 aliphatic carbocycles. The first-order valence-electron chi connectivity index (χ1n) is 6.67. The Morgan fingerprint density at radius 3 is 2.06 bits per heavy atom. The van der Waals surface area contributed by atoms with Crippen molar-refractivity contribution in [2.45, 2.75) is 66.2 Å². The van der Waals surface area contributed by atoms with Crippen LogP contribution in [0.5, 0.6) is 0 Å². The smallest absolute Gasteiger partial charge is 0.303 e. The topological polar surface area (TPSA) is 37.3 Å². The monoisotopic (exact) mass is 228 g/mol. The molecule has 0 aromatic carbocycles. The summed E-state index contributed by atoms with van der Waals surface area (Å²) in [6.07, 6.45) is 5.95. The Kier molecular flexibility index (Phi) is 8.32. The van der Waals surface area contributed by atoms with Crippen LogP contribution in [0.1, 0.15) is 66.2 Å². The lowest BCUT2D eigenvalue weighted by atomic mass is 9.83. The maximum absolute atomic E-state index is 10.3. The normalized spacial score (nSPS) is 15.1. The number of aliphatic carboxylic acids is 1. The van der Waals surface area contributed by atoms with E-state index < -0.39 is 5.97 Å². The summed E-state index contributed by atoms with van der Waals surface area (Å²) < 4.78 is 0. The van der Waals surface area contributed by atoms with Crippen LogP contribution in [0.2, 0.25) is 0 Å². The maximum atomic E-state index is 10.3. The van der Waals surface area contributed by atoms with Crippen molar-refractivity contribution in [3.63, 3.8) is 0 Å². The highest BCUT2D eigenvalue weighted by Crippen LogP contribution is 2.24. The second-order valence-corrected chi connectivity index (χ2v) is 5.43. The third kappa shape index (κ3) is 7.72. The van der Waals surface area contributed by atoms with E-state index in [2.05, 4.69) is 27.7 Å². The minimum Gasteiger partial charge on any atom is -0.481 e. The molecule has 1 N–H and O–H groups in total. The Balaban J connectivity index is 3.41. The Bertz CT molecular complexity index is 187. The van der Waals surface area contributed by atoms with Crippen LogP contribution in [0.25, 0.3) is 0 Å². The molecule has 0 spiro atoms. The molecule has 96 valence electrons. The highest BCUT2D eigenvalue weighted by Gasteiger charge is 2.14. The summed E-state index contributed by atoms with van der Waals surface area (Å²) in [5, 5.41) is 8.49. The molecule has 2 heteroatoms. The molecular formula is C14H28O2. The van der Waals surface area contributed by atoms with Gasteiger partial charge in [0.25, 0.3) is 0 Å². The summed E-state index contributed by atoms with van der Waals surface area (Å²) in [4.78, 5) is 10.3. The summed E-state index contributed by atoms with van der Waals surface area (Å²) in [6.45, 7) is 9.24. The first kappa shape index (κ1) is 15.5. The zero-order valence-electron chi connectivity index (χ0n) is 11.3. The molecule has 0 radical (unpaired) electrons. The van der Waals surface area contributed by atoms with Gasteiger partial charge in [0, 0.05) is 6.42 Å². The van der Waals surface area contributed by atoms with E-state index in [1.807, 2.05) is 0 Å². The second-order valence-electron chi connectivity index (χ2n) is 5.43. The molecule has 0 saturated carbocycles. The Hall–Kier alpha value is -0.530. The van der Waals surface area contributed by atoms with Crippen molar-refractivity contribution in [3.05, 3.63) is 0 Å². The molecule has 0 fully saturated rings. The van der Waals surface area contributed by atoms with E-state index in [9.17, 15) is 4.79 Å². The summed E-state index contributed by atoms with van der Waals surface area (Å²) >= 11 is 0. The van der Waals surface area contributed by atoms with Crippen LogP contribution in [0.3, 0.4) is 0 Å². The fraction of sp³-hybridized carbons (Fsp3) is 0.929. The van der Waals surface area contributed by atoms with Gasteiger partial charge in [-0.05, 0) is 24.2 Å². The number of unbranched alkanes of at least 4 members (excludes halogenated alkanes) is 3. The van der Waals surface area contributed by atoms with Gasteiger partial charge < -0.3 is 5.11 Å². The molecule has 0 heterocycles. The van der Waals surface area contributed by atoms with Gasteiger partial charge in [-0.1, -0.05) is 53.4 Å². The zero-order valence-corrected chi connectivity index (χ0v) is 11.3. The molecule has 0 saturated heterocycles. The average molecular weight is 228 g/mol. The molecule has 0 rings (SSSR count). The molecule has 0 aliphatic rings. The van der Waals surface area contributed by atoms with Gasteiger partial charge in [0.05, 0.1) is 0 Å². The molecule has 2 atom stereocenters. The lowest BCUT2D eigenvalue weighted by Crippen LogP contribution is -2.14. The fourth-order valence-electron chi connectivity index (χ4n) is 2.02. The van der Waals surface area contributed by atoms with E-state index in [4.69, 9.17) is 5.11 Å². The van der Waals surface area contributed by atoms with Crippen molar-refractivity contribution >= 4 is 5.97 Å². The van der Waals surface area contributed by atoms with Gasteiger partial charge in [-0.3, -0.25) is 4.79 Å². The van der Waals surface area contributed by atoms with Gasteiger partial charge in [-0.15, -0.1) is 0 Å². The van der Waals surface area contributed by atoms with Gasteiger partial charge in [-0.2, -0.15) is 0 Å². The molecule has 0 amide bonds. The Morgan fingerprint density at radius 1 is 1.00 bits per heavy atom. The first-order valence-corrected chi connectivity index (χ1v) is 6.67. The van der Waals surface area contributed by atoms with Crippen molar-refractivity contribution in [1.29, 1.82) is 0 Å². The van der Waals surface area contributed by atoms with Crippen molar-refractivity contribution in [1.82, 2.24) is 0 Å². The van der Waals surface area contributed by atoms with Crippen LogP contribution in [0.15, 0.2) is 0 Å². The minimum atomic E-state index is -0.665. The number of carbonyl (C=O) groups is 1. The lowest BCUT2D eigenvalue weighted by molar-refractivity contribution is -0.137. The summed E-state index contributed by atoms with van der Waals surface area (Å²) in [6, 6.07) is 0. The predicted molar refractivity (Wildman–Crippen MR) is 68.5 cm³/mol. The predicted octanol–water partition coefficient (Wildman–Crippen LogP) is 4.34. The van der Waals surface area contributed by atoms with E-state index in [1.165, 1.54) is 19.3 Å². The molecule has 2 nitrogen and oxygen atoms in total. The lowest BCUT2D eigenvalue weighted by Gasteiger charge is -2.23. The summed E-state index contributed by atoms with van der Waals surface area (Å²) in [5.74, 6) is 1.68. The standard InChI is InChI=1S/C14H28O2/c1-11(2)13(4)12(3)9-7-5-6-8-10-14(15)16/h11-13H,5-10H2,1-4H3,(H,15,16). The third-order valence-corrected chi connectivity index (χ3v) is 3.75. The summed E-state index contributed by atoms with van der Waals surface area (Å²) in [5.41, 5.74) is 0. The quantitative estimate of drug-likeness (QED) is 0.596. The van der Waals surface area contributed by atoms with E-state index >= 15 is 0 Å². The number of carboxylic acid groups (broad SMARTS) is 1. The zero-order chi connectivity index (χ0) is 12.6. The van der Waals surface area contributed by atoms with E-state index in [1.54, 1.807) is 0 Å². The van der Waals surface area contributed by atoms with Crippen LogP contribution in [0.4, 0.5) is 0 Å². The fourth-order valence-corrected chi connectivity index (χ4v) is 2.02. The largest absolute Gasteiger partial charge is 0.481 e. The third-order valence-electron chi connectivity index (χ3n) is 3.75. The Labute approximate surface area is 100 Å². The number of rotatable bonds is 9. The van der Waals surface area contributed by atoms with Crippen molar-refractivity contribution in [2.24, 2.45) is 17.8 Å². The highest BCUT2D eigenvalue weighted by molar-refractivity contribution is 5.66. The molecule has 0 aromatic heterocycles. The van der Waals surface area contributed by atoms with Gasteiger partial charge in [0.15, 0.2) is 0 Å². The number of hydrogen-bond acceptors (Lipinski definition) is 1. The van der Waals surface area contributed by atoms with E-state index in [0.29, 0.717) is 6.42 Å². The molecule has 0 aliphatic heterocycles. The maximum Gasteiger partial charge on any atom is 0.303 e. The van der Waals surface area contributed by atoms with Crippen molar-refractivity contribution < 1.29 is 9.90 Å². The van der Waals surface area contributed by atoms with Crippen LogP contribution >= 0.6 is 0 Å². The van der Waals surface area contributed by atoms with E-state index in [-0.39, 0.29) is 0 Å². The van der Waals surface area contributed by atoms with Gasteiger partial charge in [0.1, 0.15) is 0 Å². The molecule has 0 aromatic rings. The average Bonchev–Trinajstić information content (AvgIpc) is 2.21. The van der Waals surface area contributed by atoms with E-state index in [0.717, 1.165) is 30.6 Å². The van der Waals surface area contributed by atoms with Crippen molar-refractivity contribution in [3.8, 4) is 0 Å². The van der Waals surface area contributed by atoms with Crippen LogP contribution < -0.4 is 0 Å². The van der Waals surface area contributed by atoms with Crippen LogP contribution in [-0.4, -0.2) is 11.1 Å². The molecular weight excluding hydrogens is 200 g/mol.